The number of carbonyl (C=O) groups excluding carboxylic acids is 1. The second-order valence-electron chi connectivity index (χ2n) is 4.49. The molecule has 0 radical (unpaired) electrons. The summed E-state index contributed by atoms with van der Waals surface area (Å²) in [4.78, 5) is 12.3. The lowest BCUT2D eigenvalue weighted by Crippen LogP contribution is -2.14. The third-order valence-corrected chi connectivity index (χ3v) is 4.06. The van der Waals surface area contributed by atoms with E-state index < -0.39 is 0 Å². The minimum atomic E-state index is -0.327. The van der Waals surface area contributed by atoms with E-state index in [1.165, 1.54) is 7.11 Å². The number of nitrogen functional groups attached to an aromatic ring is 1. The number of nitrogens with two attached hydrogens (primary N) is 1. The third-order valence-electron chi connectivity index (χ3n) is 3.00. The standard InChI is InChI=1S/C15H14BrClN2O2/c1-8-5-11(16)14(7-12(8)17)19-15(20)10-6-9(21-2)3-4-13(10)18/h3-7H,18H2,1-2H3,(H,19,20). The SMILES string of the molecule is COc1ccc(N)c(C(=O)Nc2cc(Cl)c(C)cc2Br)c1. The van der Waals surface area contributed by atoms with Crippen LogP contribution in [0.4, 0.5) is 11.4 Å². The number of rotatable bonds is 3. The Kier molecular flexibility index (Phi) is 4.75. The summed E-state index contributed by atoms with van der Waals surface area (Å²) in [6.07, 6.45) is 0. The van der Waals surface area contributed by atoms with Crippen molar-refractivity contribution in [3.63, 3.8) is 0 Å². The Labute approximate surface area is 136 Å². The van der Waals surface area contributed by atoms with Gasteiger partial charge < -0.3 is 15.8 Å². The van der Waals surface area contributed by atoms with Gasteiger partial charge in [-0.25, -0.2) is 0 Å². The van der Waals surface area contributed by atoms with Gasteiger partial charge in [-0.1, -0.05) is 11.6 Å². The number of halogens is 2. The topological polar surface area (TPSA) is 64.3 Å². The molecule has 0 unspecified atom stereocenters. The minimum absolute atomic E-state index is 0.327. The minimum Gasteiger partial charge on any atom is -0.497 e. The Bertz CT molecular complexity index is 704. The fourth-order valence-electron chi connectivity index (χ4n) is 1.79. The van der Waals surface area contributed by atoms with Crippen molar-refractivity contribution in [2.75, 3.05) is 18.2 Å². The summed E-state index contributed by atoms with van der Waals surface area (Å²) in [6.45, 7) is 1.89. The zero-order valence-electron chi connectivity index (χ0n) is 11.5. The van der Waals surface area contributed by atoms with Crippen LogP contribution in [0, 0.1) is 6.92 Å². The fourth-order valence-corrected chi connectivity index (χ4v) is 2.51. The van der Waals surface area contributed by atoms with Crippen molar-refractivity contribution in [2.45, 2.75) is 6.92 Å². The summed E-state index contributed by atoms with van der Waals surface area (Å²) in [5, 5.41) is 3.36. The Morgan fingerprint density at radius 3 is 2.71 bits per heavy atom. The van der Waals surface area contributed by atoms with Crippen LogP contribution in [0.2, 0.25) is 5.02 Å². The van der Waals surface area contributed by atoms with Gasteiger partial charge in [0.15, 0.2) is 0 Å². The number of ether oxygens (including phenoxy) is 1. The highest BCUT2D eigenvalue weighted by Crippen LogP contribution is 2.30. The van der Waals surface area contributed by atoms with Crippen LogP contribution in [-0.2, 0) is 0 Å². The summed E-state index contributed by atoms with van der Waals surface area (Å²) in [7, 11) is 1.53. The van der Waals surface area contributed by atoms with E-state index in [9.17, 15) is 4.79 Å². The Balaban J connectivity index is 2.32. The number of methoxy groups -OCH3 is 1. The van der Waals surface area contributed by atoms with E-state index in [1.54, 1.807) is 24.3 Å². The van der Waals surface area contributed by atoms with Gasteiger partial charge in [-0.05, 0) is 58.7 Å². The number of hydrogen-bond donors (Lipinski definition) is 2. The molecule has 2 aromatic carbocycles. The van der Waals surface area contributed by atoms with Gasteiger partial charge in [0.2, 0.25) is 0 Å². The van der Waals surface area contributed by atoms with E-state index >= 15 is 0 Å². The summed E-state index contributed by atoms with van der Waals surface area (Å²) >= 11 is 9.48. The van der Waals surface area contributed by atoms with Crippen LogP contribution in [0.15, 0.2) is 34.8 Å². The van der Waals surface area contributed by atoms with Crippen LogP contribution < -0.4 is 15.8 Å². The van der Waals surface area contributed by atoms with Crippen molar-refractivity contribution < 1.29 is 9.53 Å². The summed E-state index contributed by atoms with van der Waals surface area (Å²) < 4.78 is 5.85. The van der Waals surface area contributed by atoms with Crippen LogP contribution >= 0.6 is 27.5 Å². The van der Waals surface area contributed by atoms with E-state index in [0.29, 0.717) is 27.7 Å². The number of nitrogens with one attached hydrogen (secondary N) is 1. The lowest BCUT2D eigenvalue weighted by atomic mass is 10.1. The van der Waals surface area contributed by atoms with Crippen molar-refractivity contribution in [1.82, 2.24) is 0 Å². The maximum absolute atomic E-state index is 12.3. The largest absolute Gasteiger partial charge is 0.497 e. The molecule has 21 heavy (non-hydrogen) atoms. The molecule has 2 rings (SSSR count). The highest BCUT2D eigenvalue weighted by molar-refractivity contribution is 9.10. The highest BCUT2D eigenvalue weighted by Gasteiger charge is 2.13. The van der Waals surface area contributed by atoms with Gasteiger partial charge in [0, 0.05) is 15.2 Å². The molecular formula is C15H14BrClN2O2. The third kappa shape index (κ3) is 3.49. The fraction of sp³-hybridized carbons (Fsp3) is 0.133. The maximum Gasteiger partial charge on any atom is 0.257 e. The molecule has 0 aromatic heterocycles. The molecule has 0 saturated carbocycles. The predicted molar refractivity (Wildman–Crippen MR) is 89.2 cm³/mol. The van der Waals surface area contributed by atoms with E-state index in [0.717, 1.165) is 10.0 Å². The molecule has 0 aliphatic carbocycles. The van der Waals surface area contributed by atoms with Crippen LogP contribution in [-0.4, -0.2) is 13.0 Å². The van der Waals surface area contributed by atoms with E-state index in [-0.39, 0.29) is 5.91 Å². The average Bonchev–Trinajstić information content (AvgIpc) is 2.45. The number of anilines is 2. The number of amides is 1. The van der Waals surface area contributed by atoms with Crippen molar-refractivity contribution in [3.05, 3.63) is 51.0 Å². The molecule has 0 saturated heterocycles. The molecule has 3 N–H and O–H groups in total. The number of benzene rings is 2. The van der Waals surface area contributed by atoms with E-state index in [2.05, 4.69) is 21.2 Å². The Morgan fingerprint density at radius 2 is 2.05 bits per heavy atom. The lowest BCUT2D eigenvalue weighted by Gasteiger charge is -2.11. The first-order valence-electron chi connectivity index (χ1n) is 6.13. The molecule has 0 aliphatic heterocycles. The molecule has 0 atom stereocenters. The van der Waals surface area contributed by atoms with E-state index in [4.69, 9.17) is 22.1 Å². The first kappa shape index (κ1) is 15.7. The van der Waals surface area contributed by atoms with Crippen LogP contribution in [0.3, 0.4) is 0 Å². The zero-order valence-corrected chi connectivity index (χ0v) is 13.9. The monoisotopic (exact) mass is 368 g/mol. The number of aryl methyl sites for hydroxylation is 1. The van der Waals surface area contributed by atoms with Crippen molar-refractivity contribution in [1.29, 1.82) is 0 Å². The van der Waals surface area contributed by atoms with Crippen LogP contribution in [0.5, 0.6) is 5.75 Å². The van der Waals surface area contributed by atoms with Gasteiger partial charge in [-0.3, -0.25) is 4.79 Å². The predicted octanol–water partition coefficient (Wildman–Crippen LogP) is 4.25. The molecule has 0 heterocycles. The van der Waals surface area contributed by atoms with Crippen LogP contribution in [0.1, 0.15) is 15.9 Å². The lowest BCUT2D eigenvalue weighted by molar-refractivity contribution is 0.102. The smallest absolute Gasteiger partial charge is 0.257 e. The Morgan fingerprint density at radius 1 is 1.33 bits per heavy atom. The average molecular weight is 370 g/mol. The molecule has 1 amide bonds. The quantitative estimate of drug-likeness (QED) is 0.795. The van der Waals surface area contributed by atoms with Gasteiger partial charge in [-0.15, -0.1) is 0 Å². The van der Waals surface area contributed by atoms with Crippen molar-refractivity contribution in [3.8, 4) is 5.75 Å². The molecule has 110 valence electrons. The van der Waals surface area contributed by atoms with E-state index in [1.807, 2.05) is 13.0 Å². The maximum atomic E-state index is 12.3. The van der Waals surface area contributed by atoms with Crippen LogP contribution in [0.25, 0.3) is 0 Å². The van der Waals surface area contributed by atoms with Gasteiger partial charge in [-0.2, -0.15) is 0 Å². The first-order chi connectivity index (χ1) is 9.92. The van der Waals surface area contributed by atoms with Gasteiger partial charge in [0.1, 0.15) is 5.75 Å². The number of hydrogen-bond acceptors (Lipinski definition) is 3. The molecule has 0 aliphatic rings. The molecule has 0 spiro atoms. The van der Waals surface area contributed by atoms with Crippen molar-refractivity contribution >= 4 is 44.8 Å². The molecule has 2 aromatic rings. The molecule has 0 bridgehead atoms. The van der Waals surface area contributed by atoms with Gasteiger partial charge in [0.25, 0.3) is 5.91 Å². The molecular weight excluding hydrogens is 356 g/mol. The summed E-state index contributed by atoms with van der Waals surface area (Å²) in [6, 6.07) is 8.45. The molecule has 0 fully saturated rings. The molecule has 4 nitrogen and oxygen atoms in total. The van der Waals surface area contributed by atoms with Gasteiger partial charge >= 0.3 is 0 Å². The number of carbonyl (C=O) groups is 1. The second-order valence-corrected chi connectivity index (χ2v) is 5.75. The highest BCUT2D eigenvalue weighted by atomic mass is 79.9. The summed E-state index contributed by atoms with van der Waals surface area (Å²) in [5.41, 5.74) is 8.06. The summed E-state index contributed by atoms with van der Waals surface area (Å²) in [5.74, 6) is 0.238. The van der Waals surface area contributed by atoms with Gasteiger partial charge in [0.05, 0.1) is 18.4 Å². The van der Waals surface area contributed by atoms with Crippen molar-refractivity contribution in [2.24, 2.45) is 0 Å². The zero-order chi connectivity index (χ0) is 15.6. The molecule has 6 heteroatoms. The normalized spacial score (nSPS) is 10.3. The Hall–Kier alpha value is -1.72. The second kappa shape index (κ2) is 6.37. The first-order valence-corrected chi connectivity index (χ1v) is 7.30.